The third-order valence-electron chi connectivity index (χ3n) is 2.01. The molecule has 0 bridgehead atoms. The standard InChI is InChI=1S/C12H19NO2/c1-11(2)12(14)15-10-8-6-4-3-5-7-9-13/h1,3-8,10H2,2H3. The fourth-order valence-corrected chi connectivity index (χ4v) is 1.12. The van der Waals surface area contributed by atoms with Crippen LogP contribution in [0.1, 0.15) is 45.4 Å². The van der Waals surface area contributed by atoms with E-state index in [1.54, 1.807) is 6.92 Å². The predicted molar refractivity (Wildman–Crippen MR) is 59.1 cm³/mol. The van der Waals surface area contributed by atoms with E-state index in [-0.39, 0.29) is 5.97 Å². The van der Waals surface area contributed by atoms with Crippen molar-refractivity contribution in [2.24, 2.45) is 0 Å². The second-order valence-electron chi connectivity index (χ2n) is 3.59. The molecular weight excluding hydrogens is 190 g/mol. The first-order valence-corrected chi connectivity index (χ1v) is 5.38. The first-order chi connectivity index (χ1) is 7.18. The van der Waals surface area contributed by atoms with E-state index in [4.69, 9.17) is 10.00 Å². The molecule has 84 valence electrons. The van der Waals surface area contributed by atoms with Gasteiger partial charge in [-0.05, 0) is 19.8 Å². The van der Waals surface area contributed by atoms with Crippen molar-refractivity contribution in [3.8, 4) is 6.07 Å². The van der Waals surface area contributed by atoms with Gasteiger partial charge in [0.1, 0.15) is 0 Å². The molecule has 0 unspecified atom stereocenters. The molecule has 0 aromatic rings. The molecule has 0 aliphatic carbocycles. The van der Waals surface area contributed by atoms with Crippen LogP contribution in [-0.4, -0.2) is 12.6 Å². The highest BCUT2D eigenvalue weighted by Crippen LogP contribution is 2.05. The molecule has 0 spiro atoms. The lowest BCUT2D eigenvalue weighted by Crippen LogP contribution is -2.05. The Labute approximate surface area is 91.7 Å². The van der Waals surface area contributed by atoms with Gasteiger partial charge in [-0.15, -0.1) is 0 Å². The highest BCUT2D eigenvalue weighted by atomic mass is 16.5. The van der Waals surface area contributed by atoms with Gasteiger partial charge in [-0.1, -0.05) is 25.8 Å². The van der Waals surface area contributed by atoms with Crippen LogP contribution in [0.25, 0.3) is 0 Å². The number of hydrogen-bond donors (Lipinski definition) is 0. The van der Waals surface area contributed by atoms with E-state index in [0.717, 1.165) is 32.1 Å². The van der Waals surface area contributed by atoms with E-state index in [1.165, 1.54) is 0 Å². The molecule has 0 rings (SSSR count). The fourth-order valence-electron chi connectivity index (χ4n) is 1.12. The minimum Gasteiger partial charge on any atom is -0.462 e. The van der Waals surface area contributed by atoms with E-state index < -0.39 is 0 Å². The monoisotopic (exact) mass is 209 g/mol. The van der Waals surface area contributed by atoms with Crippen LogP contribution >= 0.6 is 0 Å². The molecule has 0 aromatic carbocycles. The van der Waals surface area contributed by atoms with Crippen LogP contribution in [0.5, 0.6) is 0 Å². The Morgan fingerprint density at radius 1 is 1.27 bits per heavy atom. The number of carbonyl (C=O) groups is 1. The SMILES string of the molecule is C=C(C)C(=O)OCCCCCCCC#N. The van der Waals surface area contributed by atoms with Crippen LogP contribution in [-0.2, 0) is 9.53 Å². The summed E-state index contributed by atoms with van der Waals surface area (Å²) in [5.41, 5.74) is 0.448. The number of ether oxygens (including phenoxy) is 1. The van der Waals surface area contributed by atoms with Crippen molar-refractivity contribution < 1.29 is 9.53 Å². The van der Waals surface area contributed by atoms with Gasteiger partial charge < -0.3 is 4.74 Å². The quantitative estimate of drug-likeness (QED) is 0.351. The molecule has 0 amide bonds. The summed E-state index contributed by atoms with van der Waals surface area (Å²) in [4.78, 5) is 11.0. The predicted octanol–water partition coefficient (Wildman–Crippen LogP) is 2.97. The zero-order chi connectivity index (χ0) is 11.5. The molecule has 0 N–H and O–H groups in total. The maximum atomic E-state index is 11.0. The van der Waals surface area contributed by atoms with E-state index in [2.05, 4.69) is 12.6 Å². The number of hydrogen-bond acceptors (Lipinski definition) is 3. The molecule has 15 heavy (non-hydrogen) atoms. The fraction of sp³-hybridized carbons (Fsp3) is 0.667. The summed E-state index contributed by atoms with van der Waals surface area (Å²) in [6.07, 6.45) is 5.75. The maximum Gasteiger partial charge on any atom is 0.333 e. The largest absolute Gasteiger partial charge is 0.462 e. The van der Waals surface area contributed by atoms with Crippen molar-refractivity contribution in [2.45, 2.75) is 45.4 Å². The minimum absolute atomic E-state index is 0.306. The molecule has 0 saturated carbocycles. The van der Waals surface area contributed by atoms with Crippen molar-refractivity contribution in [3.05, 3.63) is 12.2 Å². The highest BCUT2D eigenvalue weighted by molar-refractivity contribution is 5.86. The Balaban J connectivity index is 3.15. The molecular formula is C12H19NO2. The van der Waals surface area contributed by atoms with Crippen molar-refractivity contribution in [3.63, 3.8) is 0 Å². The lowest BCUT2D eigenvalue weighted by atomic mass is 10.1. The molecule has 0 aliphatic rings. The van der Waals surface area contributed by atoms with Crippen molar-refractivity contribution in [1.82, 2.24) is 0 Å². The van der Waals surface area contributed by atoms with Gasteiger partial charge >= 0.3 is 5.97 Å². The molecule has 0 atom stereocenters. The molecule has 0 heterocycles. The van der Waals surface area contributed by atoms with Gasteiger partial charge in [0.05, 0.1) is 12.7 Å². The topological polar surface area (TPSA) is 50.1 Å². The second kappa shape index (κ2) is 9.26. The lowest BCUT2D eigenvalue weighted by Gasteiger charge is -2.03. The number of carbonyl (C=O) groups excluding carboxylic acids is 1. The Bertz CT molecular complexity index is 240. The van der Waals surface area contributed by atoms with Gasteiger partial charge in [0.15, 0.2) is 0 Å². The van der Waals surface area contributed by atoms with Gasteiger partial charge in [0.2, 0.25) is 0 Å². The molecule has 3 heteroatoms. The first-order valence-electron chi connectivity index (χ1n) is 5.38. The second-order valence-corrected chi connectivity index (χ2v) is 3.59. The van der Waals surface area contributed by atoms with Gasteiger partial charge in [-0.2, -0.15) is 5.26 Å². The van der Waals surface area contributed by atoms with Crippen LogP contribution in [0.15, 0.2) is 12.2 Å². The highest BCUT2D eigenvalue weighted by Gasteiger charge is 2.01. The molecule has 0 radical (unpaired) electrons. The van der Waals surface area contributed by atoms with E-state index in [9.17, 15) is 4.79 Å². The third kappa shape index (κ3) is 9.01. The molecule has 0 saturated heterocycles. The van der Waals surface area contributed by atoms with Crippen LogP contribution in [0, 0.1) is 11.3 Å². The number of esters is 1. The van der Waals surface area contributed by atoms with Gasteiger partial charge in [0.25, 0.3) is 0 Å². The van der Waals surface area contributed by atoms with Crippen molar-refractivity contribution in [1.29, 1.82) is 5.26 Å². The smallest absolute Gasteiger partial charge is 0.333 e. The van der Waals surface area contributed by atoms with Crippen molar-refractivity contribution in [2.75, 3.05) is 6.61 Å². The van der Waals surface area contributed by atoms with Crippen LogP contribution < -0.4 is 0 Å². The molecule has 0 fully saturated rings. The van der Waals surface area contributed by atoms with E-state index >= 15 is 0 Å². The molecule has 0 aliphatic heterocycles. The number of nitrogens with zero attached hydrogens (tertiary/aromatic N) is 1. The summed E-state index contributed by atoms with van der Waals surface area (Å²) in [6.45, 7) is 5.62. The Hall–Kier alpha value is -1.30. The number of rotatable bonds is 8. The average molecular weight is 209 g/mol. The van der Waals surface area contributed by atoms with Gasteiger partial charge in [-0.25, -0.2) is 4.79 Å². The van der Waals surface area contributed by atoms with Crippen LogP contribution in [0.2, 0.25) is 0 Å². The Kier molecular flexibility index (Phi) is 8.46. The first kappa shape index (κ1) is 13.7. The Morgan fingerprint density at radius 2 is 1.87 bits per heavy atom. The molecule has 3 nitrogen and oxygen atoms in total. The number of nitriles is 1. The van der Waals surface area contributed by atoms with E-state index in [0.29, 0.717) is 18.6 Å². The lowest BCUT2D eigenvalue weighted by molar-refractivity contribution is -0.139. The minimum atomic E-state index is -0.306. The summed E-state index contributed by atoms with van der Waals surface area (Å²) < 4.78 is 4.94. The zero-order valence-corrected chi connectivity index (χ0v) is 9.42. The van der Waals surface area contributed by atoms with Crippen LogP contribution in [0.4, 0.5) is 0 Å². The average Bonchev–Trinajstić information content (AvgIpc) is 2.21. The summed E-state index contributed by atoms with van der Waals surface area (Å²) in [5, 5.41) is 8.30. The third-order valence-corrected chi connectivity index (χ3v) is 2.01. The summed E-state index contributed by atoms with van der Waals surface area (Å²) >= 11 is 0. The van der Waals surface area contributed by atoms with Crippen molar-refractivity contribution >= 4 is 5.97 Å². The van der Waals surface area contributed by atoms with E-state index in [1.807, 2.05) is 0 Å². The maximum absolute atomic E-state index is 11.0. The number of unbranched alkanes of at least 4 members (excludes halogenated alkanes) is 5. The van der Waals surface area contributed by atoms with Gasteiger partial charge in [0, 0.05) is 12.0 Å². The summed E-state index contributed by atoms with van der Waals surface area (Å²) in [6, 6.07) is 2.12. The molecule has 0 aromatic heterocycles. The normalized spacial score (nSPS) is 9.33. The summed E-state index contributed by atoms with van der Waals surface area (Å²) in [5.74, 6) is -0.306. The summed E-state index contributed by atoms with van der Waals surface area (Å²) in [7, 11) is 0. The zero-order valence-electron chi connectivity index (χ0n) is 9.42. The van der Waals surface area contributed by atoms with Crippen LogP contribution in [0.3, 0.4) is 0 Å². The Morgan fingerprint density at radius 3 is 2.47 bits per heavy atom. The van der Waals surface area contributed by atoms with Gasteiger partial charge in [-0.3, -0.25) is 0 Å².